The topological polar surface area (TPSA) is 64.5 Å². The lowest BCUT2D eigenvalue weighted by Gasteiger charge is -1.95. The second-order valence-electron chi connectivity index (χ2n) is 1.96. The second kappa shape index (κ2) is 4.35. The van der Waals surface area contributed by atoms with E-state index in [0.29, 0.717) is 5.16 Å². The summed E-state index contributed by atoms with van der Waals surface area (Å²) in [5.74, 6) is 0. The molecule has 0 aromatic carbocycles. The summed E-state index contributed by atoms with van der Waals surface area (Å²) in [6, 6.07) is 0. The van der Waals surface area contributed by atoms with E-state index in [1.165, 1.54) is 23.1 Å². The van der Waals surface area contributed by atoms with Crippen LogP contribution in [0.4, 0.5) is 0 Å². The number of hydrogen-bond acceptors (Lipinski definition) is 7. The molecule has 2 aromatic rings. The second-order valence-corrected chi connectivity index (χ2v) is 4.69. The van der Waals surface area contributed by atoms with Crippen molar-refractivity contribution in [1.29, 1.82) is 0 Å². The van der Waals surface area contributed by atoms with Crippen LogP contribution in [0.1, 0.15) is 0 Å². The SMILES string of the molecule is Clc1nc(Cl)nc(Sc2nncs2)n1. The Balaban J connectivity index is 2.25. The summed E-state index contributed by atoms with van der Waals surface area (Å²) in [7, 11) is 0. The quantitative estimate of drug-likeness (QED) is 0.830. The summed E-state index contributed by atoms with van der Waals surface area (Å²) < 4.78 is 0.725. The molecule has 14 heavy (non-hydrogen) atoms. The molecule has 0 saturated heterocycles. The maximum Gasteiger partial charge on any atom is 0.227 e. The van der Waals surface area contributed by atoms with Crippen molar-refractivity contribution in [1.82, 2.24) is 25.1 Å². The fourth-order valence-electron chi connectivity index (χ4n) is 0.640. The van der Waals surface area contributed by atoms with Gasteiger partial charge in [0.2, 0.25) is 10.6 Å². The van der Waals surface area contributed by atoms with Gasteiger partial charge >= 0.3 is 0 Å². The molecule has 9 heteroatoms. The Morgan fingerprint density at radius 1 is 1.14 bits per heavy atom. The van der Waals surface area contributed by atoms with Crippen LogP contribution in [-0.4, -0.2) is 25.1 Å². The third kappa shape index (κ3) is 2.50. The summed E-state index contributed by atoms with van der Waals surface area (Å²) in [5.41, 5.74) is 1.62. The lowest BCUT2D eigenvalue weighted by molar-refractivity contribution is 0.899. The van der Waals surface area contributed by atoms with Crippen LogP contribution in [0.15, 0.2) is 15.0 Å². The first-order valence-electron chi connectivity index (χ1n) is 3.25. The lowest BCUT2D eigenvalue weighted by Crippen LogP contribution is -1.91. The van der Waals surface area contributed by atoms with Gasteiger partial charge in [-0.15, -0.1) is 10.2 Å². The van der Waals surface area contributed by atoms with Gasteiger partial charge in [0.1, 0.15) is 5.51 Å². The van der Waals surface area contributed by atoms with Gasteiger partial charge in [0.05, 0.1) is 0 Å². The van der Waals surface area contributed by atoms with E-state index < -0.39 is 0 Å². The van der Waals surface area contributed by atoms with Gasteiger partial charge in [-0.05, 0) is 35.0 Å². The van der Waals surface area contributed by atoms with E-state index in [-0.39, 0.29) is 10.6 Å². The normalized spacial score (nSPS) is 10.4. The van der Waals surface area contributed by atoms with Crippen LogP contribution >= 0.6 is 46.3 Å². The number of aromatic nitrogens is 5. The van der Waals surface area contributed by atoms with E-state index in [9.17, 15) is 0 Å². The molecule has 0 aliphatic rings. The van der Waals surface area contributed by atoms with E-state index in [1.54, 1.807) is 5.51 Å². The average Bonchev–Trinajstić information content (AvgIpc) is 2.54. The van der Waals surface area contributed by atoms with Gasteiger partial charge in [-0.3, -0.25) is 0 Å². The summed E-state index contributed by atoms with van der Waals surface area (Å²) >= 11 is 13.8. The van der Waals surface area contributed by atoms with Gasteiger partial charge < -0.3 is 0 Å². The molecule has 72 valence electrons. The molecule has 0 aliphatic carbocycles. The molecule has 0 saturated carbocycles. The molecule has 0 bridgehead atoms. The Bertz CT molecular complexity index is 413. The van der Waals surface area contributed by atoms with Crippen LogP contribution in [-0.2, 0) is 0 Å². The van der Waals surface area contributed by atoms with Crippen molar-refractivity contribution in [3.05, 3.63) is 16.1 Å². The van der Waals surface area contributed by atoms with Gasteiger partial charge in [0.15, 0.2) is 9.50 Å². The molecular weight excluding hydrogens is 265 g/mol. The zero-order valence-electron chi connectivity index (χ0n) is 6.39. The highest BCUT2D eigenvalue weighted by molar-refractivity contribution is 8.00. The van der Waals surface area contributed by atoms with Gasteiger partial charge in [0.25, 0.3) is 0 Å². The van der Waals surface area contributed by atoms with Gasteiger partial charge in [-0.1, -0.05) is 11.3 Å². The van der Waals surface area contributed by atoms with E-state index in [2.05, 4.69) is 25.1 Å². The van der Waals surface area contributed by atoms with Crippen molar-refractivity contribution in [2.24, 2.45) is 0 Å². The average molecular weight is 266 g/mol. The molecule has 0 amide bonds. The van der Waals surface area contributed by atoms with Crippen molar-refractivity contribution in [2.45, 2.75) is 9.50 Å². The third-order valence-corrected chi connectivity index (χ3v) is 3.06. The molecule has 0 unspecified atom stereocenters. The molecule has 0 spiro atoms. The molecule has 5 nitrogen and oxygen atoms in total. The van der Waals surface area contributed by atoms with Crippen molar-refractivity contribution in [3.63, 3.8) is 0 Å². The summed E-state index contributed by atoms with van der Waals surface area (Å²) in [5, 5.41) is 8.03. The minimum Gasteiger partial charge on any atom is -0.191 e. The standard InChI is InChI=1S/C5HCl2N5S2/c6-2-9-3(7)11-4(10-2)14-5-12-8-1-13-5/h1H. The van der Waals surface area contributed by atoms with E-state index in [0.717, 1.165) is 4.34 Å². The molecule has 0 aliphatic heterocycles. The third-order valence-electron chi connectivity index (χ3n) is 1.08. The predicted molar refractivity (Wildman–Crippen MR) is 53.9 cm³/mol. The van der Waals surface area contributed by atoms with Gasteiger partial charge in [-0.25, -0.2) is 0 Å². The Hall–Kier alpha value is -0.500. The highest BCUT2D eigenvalue weighted by Gasteiger charge is 2.07. The largest absolute Gasteiger partial charge is 0.227 e. The van der Waals surface area contributed by atoms with Crippen molar-refractivity contribution in [3.8, 4) is 0 Å². The van der Waals surface area contributed by atoms with Crippen LogP contribution in [0.3, 0.4) is 0 Å². The molecule has 0 atom stereocenters. The van der Waals surface area contributed by atoms with Crippen LogP contribution in [0.2, 0.25) is 10.6 Å². The van der Waals surface area contributed by atoms with Crippen LogP contribution in [0, 0.1) is 0 Å². The molecule has 2 rings (SSSR count). The zero-order valence-corrected chi connectivity index (χ0v) is 9.53. The fraction of sp³-hybridized carbons (Fsp3) is 0. The first kappa shape index (κ1) is 10.0. The molecule has 2 aromatic heterocycles. The lowest BCUT2D eigenvalue weighted by atomic mass is 11.1. The smallest absolute Gasteiger partial charge is 0.191 e. The van der Waals surface area contributed by atoms with Gasteiger partial charge in [0, 0.05) is 0 Å². The minimum atomic E-state index is 0.0667. The summed E-state index contributed by atoms with van der Waals surface area (Å²) in [4.78, 5) is 11.4. The van der Waals surface area contributed by atoms with Crippen molar-refractivity contribution >= 4 is 46.3 Å². The van der Waals surface area contributed by atoms with E-state index >= 15 is 0 Å². The van der Waals surface area contributed by atoms with E-state index in [1.807, 2.05) is 0 Å². The van der Waals surface area contributed by atoms with Crippen molar-refractivity contribution in [2.75, 3.05) is 0 Å². The number of rotatable bonds is 2. The maximum atomic E-state index is 5.60. The number of hydrogen-bond donors (Lipinski definition) is 0. The fourth-order valence-corrected chi connectivity index (χ4v) is 2.44. The zero-order chi connectivity index (χ0) is 9.97. The van der Waals surface area contributed by atoms with Crippen molar-refractivity contribution < 1.29 is 0 Å². The first-order valence-corrected chi connectivity index (χ1v) is 5.70. The number of halogens is 2. The Morgan fingerprint density at radius 3 is 2.43 bits per heavy atom. The molecule has 2 heterocycles. The Labute approximate surface area is 96.9 Å². The summed E-state index contributed by atoms with van der Waals surface area (Å²) in [6.45, 7) is 0. The van der Waals surface area contributed by atoms with Crippen LogP contribution in [0.25, 0.3) is 0 Å². The molecule has 0 fully saturated rings. The first-order chi connectivity index (χ1) is 6.74. The van der Waals surface area contributed by atoms with Crippen LogP contribution < -0.4 is 0 Å². The predicted octanol–water partition coefficient (Wildman–Crippen LogP) is 2.18. The molecule has 0 radical (unpaired) electrons. The van der Waals surface area contributed by atoms with Gasteiger partial charge in [-0.2, -0.15) is 15.0 Å². The molecular formula is C5HCl2N5S2. The Kier molecular flexibility index (Phi) is 3.12. The summed E-state index contributed by atoms with van der Waals surface area (Å²) in [6.07, 6.45) is 0. The highest BCUT2D eigenvalue weighted by Crippen LogP contribution is 2.26. The number of nitrogens with zero attached hydrogens (tertiary/aromatic N) is 5. The highest BCUT2D eigenvalue weighted by atomic mass is 35.5. The maximum absolute atomic E-state index is 5.60. The van der Waals surface area contributed by atoms with E-state index in [4.69, 9.17) is 23.2 Å². The monoisotopic (exact) mass is 265 g/mol. The minimum absolute atomic E-state index is 0.0667. The molecule has 0 N–H and O–H groups in total. The van der Waals surface area contributed by atoms with Crippen LogP contribution in [0.5, 0.6) is 0 Å². The Morgan fingerprint density at radius 2 is 1.86 bits per heavy atom.